The standard InChI is InChI=1S/C16H15N2P/c1-3-8-15(9-4-1)19(14-18-13-7-12-17-18)16-10-5-2-6-11-16/h1-13H,14H2. The molecular weight excluding hydrogens is 251 g/mol. The van der Waals surface area contributed by atoms with Crippen molar-refractivity contribution in [1.82, 2.24) is 9.78 Å². The molecule has 0 saturated heterocycles. The van der Waals surface area contributed by atoms with Crippen LogP contribution in [0.1, 0.15) is 0 Å². The van der Waals surface area contributed by atoms with Gasteiger partial charge in [0.15, 0.2) is 0 Å². The van der Waals surface area contributed by atoms with Gasteiger partial charge in [-0.3, -0.25) is 4.68 Å². The molecule has 3 aromatic rings. The molecule has 0 atom stereocenters. The average Bonchev–Trinajstić information content (AvgIpc) is 3.00. The molecule has 3 rings (SSSR count). The summed E-state index contributed by atoms with van der Waals surface area (Å²) < 4.78 is 2.02. The SMILES string of the molecule is c1ccc(P(Cn2cccn2)c2ccccc2)cc1. The Labute approximate surface area is 114 Å². The molecule has 19 heavy (non-hydrogen) atoms. The lowest BCUT2D eigenvalue weighted by Gasteiger charge is -2.18. The number of hydrogen-bond acceptors (Lipinski definition) is 1. The van der Waals surface area contributed by atoms with E-state index in [0.717, 1.165) is 6.29 Å². The number of benzene rings is 2. The van der Waals surface area contributed by atoms with Crippen LogP contribution in [0.25, 0.3) is 0 Å². The average molecular weight is 266 g/mol. The molecule has 0 aliphatic carbocycles. The third-order valence-electron chi connectivity index (χ3n) is 2.98. The molecule has 0 unspecified atom stereocenters. The molecule has 0 aliphatic rings. The highest BCUT2D eigenvalue weighted by Gasteiger charge is 2.13. The molecule has 0 fully saturated rings. The molecule has 0 saturated carbocycles. The van der Waals surface area contributed by atoms with Crippen molar-refractivity contribution in [3.63, 3.8) is 0 Å². The summed E-state index contributed by atoms with van der Waals surface area (Å²) in [5.74, 6) is 0. The molecule has 3 heteroatoms. The second kappa shape index (κ2) is 5.81. The van der Waals surface area contributed by atoms with Gasteiger partial charge < -0.3 is 0 Å². The molecule has 1 heterocycles. The number of nitrogens with zero attached hydrogens (tertiary/aromatic N) is 2. The van der Waals surface area contributed by atoms with Gasteiger partial charge in [-0.15, -0.1) is 0 Å². The summed E-state index contributed by atoms with van der Waals surface area (Å²) in [5.41, 5.74) is 0. The lowest BCUT2D eigenvalue weighted by atomic mass is 10.4. The maximum Gasteiger partial charge on any atom is 0.0687 e. The van der Waals surface area contributed by atoms with Crippen molar-refractivity contribution in [2.45, 2.75) is 6.29 Å². The van der Waals surface area contributed by atoms with Crippen LogP contribution in [0, 0.1) is 0 Å². The van der Waals surface area contributed by atoms with Crippen molar-refractivity contribution < 1.29 is 0 Å². The molecule has 0 amide bonds. The summed E-state index contributed by atoms with van der Waals surface area (Å²) in [5, 5.41) is 7.12. The second-order valence-corrected chi connectivity index (χ2v) is 6.46. The summed E-state index contributed by atoms with van der Waals surface area (Å²) in [6.45, 7) is 0. The fraction of sp³-hybridized carbons (Fsp3) is 0.0625. The van der Waals surface area contributed by atoms with Gasteiger partial charge in [-0.05, 0) is 24.6 Å². The second-order valence-electron chi connectivity index (χ2n) is 4.29. The molecule has 0 aliphatic heterocycles. The van der Waals surface area contributed by atoms with Crippen LogP contribution in [0.5, 0.6) is 0 Å². The van der Waals surface area contributed by atoms with Crippen molar-refractivity contribution in [1.29, 1.82) is 0 Å². The normalized spacial score (nSPS) is 10.8. The van der Waals surface area contributed by atoms with E-state index >= 15 is 0 Å². The maximum atomic E-state index is 4.34. The molecule has 2 aromatic carbocycles. The smallest absolute Gasteiger partial charge is 0.0687 e. The van der Waals surface area contributed by atoms with Crippen LogP contribution < -0.4 is 10.6 Å². The van der Waals surface area contributed by atoms with E-state index in [1.165, 1.54) is 10.6 Å². The Balaban J connectivity index is 1.96. The van der Waals surface area contributed by atoms with Gasteiger partial charge in [0, 0.05) is 12.4 Å². The van der Waals surface area contributed by atoms with E-state index in [1.807, 2.05) is 23.1 Å². The third kappa shape index (κ3) is 2.91. The predicted octanol–water partition coefficient (Wildman–Crippen LogP) is 2.97. The van der Waals surface area contributed by atoms with E-state index in [4.69, 9.17) is 0 Å². The topological polar surface area (TPSA) is 17.8 Å². The van der Waals surface area contributed by atoms with Crippen molar-refractivity contribution in [3.05, 3.63) is 79.1 Å². The van der Waals surface area contributed by atoms with Gasteiger partial charge >= 0.3 is 0 Å². The molecule has 0 N–H and O–H groups in total. The number of hydrogen-bond donors (Lipinski definition) is 0. The van der Waals surface area contributed by atoms with Crippen LogP contribution in [0.2, 0.25) is 0 Å². The van der Waals surface area contributed by atoms with Crippen LogP contribution in [-0.2, 0) is 6.29 Å². The molecule has 0 spiro atoms. The molecule has 1 aromatic heterocycles. The van der Waals surface area contributed by atoms with Gasteiger partial charge in [0.2, 0.25) is 0 Å². The first-order valence-corrected chi connectivity index (χ1v) is 7.81. The van der Waals surface area contributed by atoms with E-state index in [0.29, 0.717) is 0 Å². The van der Waals surface area contributed by atoms with Gasteiger partial charge in [-0.25, -0.2) is 0 Å². The van der Waals surface area contributed by atoms with Crippen LogP contribution in [0.3, 0.4) is 0 Å². The first-order valence-electron chi connectivity index (χ1n) is 6.28. The minimum Gasteiger partial charge on any atom is -0.268 e. The minimum atomic E-state index is -0.401. The Kier molecular flexibility index (Phi) is 3.71. The lowest BCUT2D eigenvalue weighted by Crippen LogP contribution is -2.15. The largest absolute Gasteiger partial charge is 0.268 e. The first kappa shape index (κ1) is 12.1. The highest BCUT2D eigenvalue weighted by molar-refractivity contribution is 7.72. The van der Waals surface area contributed by atoms with Crippen LogP contribution in [0.4, 0.5) is 0 Å². The van der Waals surface area contributed by atoms with Gasteiger partial charge in [0.25, 0.3) is 0 Å². The summed E-state index contributed by atoms with van der Waals surface area (Å²) in [4.78, 5) is 0. The number of aromatic nitrogens is 2. The molecular formula is C16H15N2P. The Hall–Kier alpha value is -1.92. The fourth-order valence-corrected chi connectivity index (χ4v) is 4.20. The van der Waals surface area contributed by atoms with Gasteiger partial charge in [-0.1, -0.05) is 60.7 Å². The zero-order valence-electron chi connectivity index (χ0n) is 10.6. The Morgan fingerprint density at radius 2 is 1.37 bits per heavy atom. The third-order valence-corrected chi connectivity index (χ3v) is 5.40. The van der Waals surface area contributed by atoms with Crippen LogP contribution >= 0.6 is 7.92 Å². The van der Waals surface area contributed by atoms with E-state index < -0.39 is 7.92 Å². The Morgan fingerprint density at radius 3 is 1.84 bits per heavy atom. The van der Waals surface area contributed by atoms with E-state index in [9.17, 15) is 0 Å². The summed E-state index contributed by atoms with van der Waals surface area (Å²) in [7, 11) is -0.401. The van der Waals surface area contributed by atoms with Crippen LogP contribution in [-0.4, -0.2) is 9.78 Å². The Bertz CT molecular complexity index is 566. The number of rotatable bonds is 4. The van der Waals surface area contributed by atoms with Crippen molar-refractivity contribution in [3.8, 4) is 0 Å². The van der Waals surface area contributed by atoms with Gasteiger partial charge in [0.05, 0.1) is 6.29 Å². The molecule has 0 bridgehead atoms. The van der Waals surface area contributed by atoms with Crippen molar-refractivity contribution in [2.24, 2.45) is 0 Å². The fourth-order valence-electron chi connectivity index (χ4n) is 2.06. The quantitative estimate of drug-likeness (QED) is 0.664. The van der Waals surface area contributed by atoms with Gasteiger partial charge in [0.1, 0.15) is 0 Å². The summed E-state index contributed by atoms with van der Waals surface area (Å²) >= 11 is 0. The highest BCUT2D eigenvalue weighted by Crippen LogP contribution is 2.34. The lowest BCUT2D eigenvalue weighted by molar-refractivity contribution is 0.747. The first-order chi connectivity index (χ1) is 9.43. The van der Waals surface area contributed by atoms with Crippen molar-refractivity contribution >= 4 is 18.5 Å². The van der Waals surface area contributed by atoms with Crippen molar-refractivity contribution in [2.75, 3.05) is 0 Å². The molecule has 0 radical (unpaired) electrons. The summed E-state index contributed by atoms with van der Waals surface area (Å²) in [6.07, 6.45) is 4.79. The van der Waals surface area contributed by atoms with E-state index in [-0.39, 0.29) is 0 Å². The Morgan fingerprint density at radius 1 is 0.789 bits per heavy atom. The van der Waals surface area contributed by atoms with Crippen LogP contribution in [0.15, 0.2) is 79.1 Å². The monoisotopic (exact) mass is 266 g/mol. The highest BCUT2D eigenvalue weighted by atomic mass is 31.1. The van der Waals surface area contributed by atoms with E-state index in [2.05, 4.69) is 65.8 Å². The van der Waals surface area contributed by atoms with Gasteiger partial charge in [-0.2, -0.15) is 5.10 Å². The summed E-state index contributed by atoms with van der Waals surface area (Å²) in [6, 6.07) is 23.4. The zero-order valence-corrected chi connectivity index (χ0v) is 11.4. The minimum absolute atomic E-state index is 0.401. The molecule has 2 nitrogen and oxygen atoms in total. The predicted molar refractivity (Wildman–Crippen MR) is 81.3 cm³/mol. The maximum absolute atomic E-state index is 4.34. The zero-order chi connectivity index (χ0) is 12.9. The van der Waals surface area contributed by atoms with E-state index in [1.54, 1.807) is 0 Å². The molecule has 94 valence electrons.